The minimum atomic E-state index is -0.495. The predicted octanol–water partition coefficient (Wildman–Crippen LogP) is 2.44. The highest BCUT2D eigenvalue weighted by atomic mass is 16.5. The van der Waals surface area contributed by atoms with E-state index in [2.05, 4.69) is 5.32 Å². The van der Waals surface area contributed by atoms with Gasteiger partial charge in [0.25, 0.3) is 0 Å². The fourth-order valence-electron chi connectivity index (χ4n) is 2.91. The average Bonchev–Trinajstić information content (AvgIpc) is 3.26. The molecule has 0 saturated carbocycles. The summed E-state index contributed by atoms with van der Waals surface area (Å²) >= 11 is 0. The van der Waals surface area contributed by atoms with E-state index in [1.807, 2.05) is 0 Å². The molecule has 1 aliphatic heterocycles. The van der Waals surface area contributed by atoms with Crippen molar-refractivity contribution in [3.63, 3.8) is 0 Å². The summed E-state index contributed by atoms with van der Waals surface area (Å²) in [5.74, 6) is -0.692. The maximum atomic E-state index is 12.6. The number of rotatable bonds is 6. The molecule has 1 aromatic carbocycles. The molecule has 0 spiro atoms. The number of amides is 2. The van der Waals surface area contributed by atoms with Crippen LogP contribution in [0.3, 0.4) is 0 Å². The molecule has 1 aliphatic rings. The Morgan fingerprint density at radius 3 is 2.81 bits per heavy atom. The zero-order valence-electron chi connectivity index (χ0n) is 14.4. The minimum Gasteiger partial charge on any atom is -0.467 e. The number of furan rings is 1. The maximum absolute atomic E-state index is 12.6. The molecule has 0 bridgehead atoms. The Morgan fingerprint density at radius 2 is 2.08 bits per heavy atom. The smallest absolute Gasteiger partial charge is 0.340 e. The first-order valence-electron chi connectivity index (χ1n) is 8.45. The van der Waals surface area contributed by atoms with Crippen molar-refractivity contribution in [3.8, 4) is 0 Å². The normalized spacial score (nSPS) is 16.6. The van der Waals surface area contributed by atoms with Crippen LogP contribution in [0.1, 0.15) is 29.5 Å². The van der Waals surface area contributed by atoms with Crippen molar-refractivity contribution in [3.05, 3.63) is 54.0 Å². The minimum absolute atomic E-state index is 0.0970. The van der Waals surface area contributed by atoms with Gasteiger partial charge in [-0.05, 0) is 31.2 Å². The molecule has 1 unspecified atom stereocenters. The van der Waals surface area contributed by atoms with E-state index in [-0.39, 0.29) is 24.8 Å². The fraction of sp³-hybridized carbons (Fsp3) is 0.316. The van der Waals surface area contributed by atoms with Crippen molar-refractivity contribution in [2.45, 2.75) is 19.9 Å². The topological polar surface area (TPSA) is 88.8 Å². The van der Waals surface area contributed by atoms with E-state index in [9.17, 15) is 14.4 Å². The Labute approximate surface area is 150 Å². The third kappa shape index (κ3) is 3.93. The number of para-hydroxylation sites is 1. The number of carbonyl (C=O) groups is 3. The molecule has 7 heteroatoms. The summed E-state index contributed by atoms with van der Waals surface area (Å²) in [6.07, 6.45) is 1.68. The predicted molar refractivity (Wildman–Crippen MR) is 93.3 cm³/mol. The Kier molecular flexibility index (Phi) is 5.36. The van der Waals surface area contributed by atoms with Gasteiger partial charge in [0.1, 0.15) is 5.76 Å². The summed E-state index contributed by atoms with van der Waals surface area (Å²) in [6.45, 7) is 2.62. The molecule has 0 aliphatic carbocycles. The van der Waals surface area contributed by atoms with Crippen LogP contribution in [0.2, 0.25) is 0 Å². The summed E-state index contributed by atoms with van der Waals surface area (Å²) in [4.78, 5) is 38.3. The number of ether oxygens (including phenoxy) is 1. The summed E-state index contributed by atoms with van der Waals surface area (Å²) in [7, 11) is 0. The van der Waals surface area contributed by atoms with Crippen LogP contribution in [0.25, 0.3) is 0 Å². The Morgan fingerprint density at radius 1 is 1.27 bits per heavy atom. The molecular formula is C19H20N2O5. The van der Waals surface area contributed by atoms with Gasteiger partial charge in [0.2, 0.25) is 11.8 Å². The van der Waals surface area contributed by atoms with Gasteiger partial charge in [-0.25, -0.2) is 4.79 Å². The first-order chi connectivity index (χ1) is 12.6. The van der Waals surface area contributed by atoms with Crippen molar-refractivity contribution in [1.29, 1.82) is 0 Å². The summed E-state index contributed by atoms with van der Waals surface area (Å²) in [6, 6.07) is 10.2. The summed E-state index contributed by atoms with van der Waals surface area (Å²) in [5.41, 5.74) is 0.673. The van der Waals surface area contributed by atoms with Crippen LogP contribution in [0, 0.1) is 5.92 Å². The van der Waals surface area contributed by atoms with Crippen LogP contribution in [0.4, 0.5) is 5.69 Å². The number of likely N-dealkylation sites (tertiary alicyclic amines) is 1. The summed E-state index contributed by atoms with van der Waals surface area (Å²) in [5, 5.41) is 2.75. The first kappa shape index (κ1) is 17.7. The molecular weight excluding hydrogens is 336 g/mol. The SMILES string of the molecule is CCOC(=O)c1ccccc1NC(=O)C1CC(=O)N(Cc2ccco2)C1. The third-order valence-corrected chi connectivity index (χ3v) is 4.19. The number of carbonyl (C=O) groups excluding carboxylic acids is 3. The van der Waals surface area contributed by atoms with Gasteiger partial charge in [-0.15, -0.1) is 0 Å². The summed E-state index contributed by atoms with van der Waals surface area (Å²) < 4.78 is 10.3. The quantitative estimate of drug-likeness (QED) is 0.803. The molecule has 2 heterocycles. The fourth-order valence-corrected chi connectivity index (χ4v) is 2.91. The molecule has 2 amide bonds. The monoisotopic (exact) mass is 356 g/mol. The van der Waals surface area contributed by atoms with E-state index in [0.29, 0.717) is 30.1 Å². The van der Waals surface area contributed by atoms with Crippen LogP contribution in [0.15, 0.2) is 47.1 Å². The van der Waals surface area contributed by atoms with Crippen molar-refractivity contribution in [2.75, 3.05) is 18.5 Å². The van der Waals surface area contributed by atoms with Gasteiger partial charge in [-0.2, -0.15) is 0 Å². The molecule has 7 nitrogen and oxygen atoms in total. The van der Waals surface area contributed by atoms with Gasteiger partial charge in [-0.1, -0.05) is 12.1 Å². The number of anilines is 1. The number of benzene rings is 1. The van der Waals surface area contributed by atoms with Crippen molar-refractivity contribution in [1.82, 2.24) is 4.90 Å². The number of nitrogens with one attached hydrogen (secondary N) is 1. The zero-order valence-corrected chi connectivity index (χ0v) is 14.4. The van der Waals surface area contributed by atoms with Gasteiger partial charge in [-0.3, -0.25) is 9.59 Å². The second-order valence-corrected chi connectivity index (χ2v) is 6.01. The molecule has 26 heavy (non-hydrogen) atoms. The van der Waals surface area contributed by atoms with Crippen molar-refractivity contribution in [2.24, 2.45) is 5.92 Å². The Balaban J connectivity index is 1.66. The second-order valence-electron chi connectivity index (χ2n) is 6.01. The Bertz CT molecular complexity index is 800. The molecule has 1 N–H and O–H groups in total. The molecule has 1 atom stereocenters. The van der Waals surface area contributed by atoms with E-state index in [4.69, 9.17) is 9.15 Å². The van der Waals surface area contributed by atoms with E-state index >= 15 is 0 Å². The van der Waals surface area contributed by atoms with Crippen LogP contribution in [0.5, 0.6) is 0 Å². The van der Waals surface area contributed by atoms with E-state index < -0.39 is 11.9 Å². The average molecular weight is 356 g/mol. The van der Waals surface area contributed by atoms with Crippen LogP contribution < -0.4 is 5.32 Å². The zero-order chi connectivity index (χ0) is 18.5. The highest BCUT2D eigenvalue weighted by Crippen LogP contribution is 2.23. The highest BCUT2D eigenvalue weighted by Gasteiger charge is 2.35. The number of hydrogen-bond donors (Lipinski definition) is 1. The van der Waals surface area contributed by atoms with E-state index in [1.54, 1.807) is 54.5 Å². The third-order valence-electron chi connectivity index (χ3n) is 4.19. The van der Waals surface area contributed by atoms with Crippen molar-refractivity contribution < 1.29 is 23.5 Å². The van der Waals surface area contributed by atoms with Crippen LogP contribution >= 0.6 is 0 Å². The molecule has 3 rings (SSSR count). The lowest BCUT2D eigenvalue weighted by Gasteiger charge is -2.16. The van der Waals surface area contributed by atoms with Gasteiger partial charge in [0, 0.05) is 13.0 Å². The molecule has 136 valence electrons. The second kappa shape index (κ2) is 7.86. The number of hydrogen-bond acceptors (Lipinski definition) is 5. The number of esters is 1. The van der Waals surface area contributed by atoms with Crippen molar-refractivity contribution >= 4 is 23.5 Å². The molecule has 2 aromatic rings. The van der Waals surface area contributed by atoms with Crippen LogP contribution in [-0.2, 0) is 20.9 Å². The lowest BCUT2D eigenvalue weighted by atomic mass is 10.1. The number of nitrogens with zero attached hydrogens (tertiary/aromatic N) is 1. The van der Waals surface area contributed by atoms with Gasteiger partial charge >= 0.3 is 5.97 Å². The standard InChI is InChI=1S/C19H20N2O5/c1-2-25-19(24)15-7-3-4-8-16(15)20-18(23)13-10-17(22)21(11-13)12-14-6-5-9-26-14/h3-9,13H,2,10-12H2,1H3,(H,20,23). The largest absolute Gasteiger partial charge is 0.467 e. The lowest BCUT2D eigenvalue weighted by Crippen LogP contribution is -2.28. The highest BCUT2D eigenvalue weighted by molar-refractivity contribution is 6.03. The molecule has 1 saturated heterocycles. The van der Waals surface area contributed by atoms with E-state index in [1.165, 1.54) is 0 Å². The molecule has 1 fully saturated rings. The van der Waals surface area contributed by atoms with Gasteiger partial charge in [0.05, 0.1) is 36.6 Å². The maximum Gasteiger partial charge on any atom is 0.340 e. The molecule has 1 aromatic heterocycles. The first-order valence-corrected chi connectivity index (χ1v) is 8.45. The van der Waals surface area contributed by atoms with Crippen LogP contribution in [-0.4, -0.2) is 35.8 Å². The Hall–Kier alpha value is -3.09. The van der Waals surface area contributed by atoms with E-state index in [0.717, 1.165) is 0 Å². The van der Waals surface area contributed by atoms with Gasteiger partial charge < -0.3 is 19.4 Å². The lowest BCUT2D eigenvalue weighted by molar-refractivity contribution is -0.128. The van der Waals surface area contributed by atoms with Gasteiger partial charge in [0.15, 0.2) is 0 Å². The molecule has 0 radical (unpaired) electrons.